The molecule has 1 heterocycles. The lowest BCUT2D eigenvalue weighted by molar-refractivity contribution is -0.143. The van der Waals surface area contributed by atoms with Gasteiger partial charge in [0.1, 0.15) is 0 Å². The van der Waals surface area contributed by atoms with Gasteiger partial charge in [0.2, 0.25) is 5.91 Å². The summed E-state index contributed by atoms with van der Waals surface area (Å²) in [4.78, 5) is 14.7. The van der Waals surface area contributed by atoms with Crippen LogP contribution < -0.4 is 5.73 Å². The molecule has 4 heteroatoms. The molecule has 1 saturated carbocycles. The quantitative estimate of drug-likeness (QED) is 0.807. The second-order valence-electron chi connectivity index (χ2n) is 7.55. The molecule has 25 heavy (non-hydrogen) atoms. The number of benzene rings is 1. The molecule has 2 N–H and O–H groups in total. The Morgan fingerprint density at radius 2 is 2.00 bits per heavy atom. The molecule has 1 aromatic rings. The molecular weight excluding hydrogens is 312 g/mol. The first-order valence-electron chi connectivity index (χ1n) is 9.45. The molecular formula is C21H30N2O2. The second kappa shape index (κ2) is 8.15. The number of ether oxygens (including phenoxy) is 1. The largest absolute Gasteiger partial charge is 0.370 e. The van der Waals surface area contributed by atoms with Gasteiger partial charge in [-0.05, 0) is 44.1 Å². The van der Waals surface area contributed by atoms with Crippen LogP contribution in [0.2, 0.25) is 0 Å². The molecule has 2 fully saturated rings. The number of piperidine rings is 1. The van der Waals surface area contributed by atoms with Crippen LogP contribution in [0, 0.1) is 5.92 Å². The van der Waals surface area contributed by atoms with Crippen molar-refractivity contribution in [1.29, 1.82) is 0 Å². The van der Waals surface area contributed by atoms with E-state index in [-0.39, 0.29) is 17.6 Å². The maximum atomic E-state index is 12.7. The Bertz CT molecular complexity index is 579. The Kier molecular flexibility index (Phi) is 5.92. The fraction of sp³-hybridized carbons (Fsp3) is 0.571. The number of amides is 1. The Labute approximate surface area is 151 Å². The van der Waals surface area contributed by atoms with Gasteiger partial charge in [0.15, 0.2) is 0 Å². The van der Waals surface area contributed by atoms with Crippen molar-refractivity contribution in [3.05, 3.63) is 48.6 Å². The standard InChI is InChI=1S/C21H30N2O2/c1-2-10-21(25-16-17-6-4-3-5-7-17)11-13-23(14-12-21)20(24)18-8-9-19(22)15-18/h2-7,18-19H,1,8-16,22H2/t18-,19+/m1/s1. The van der Waals surface area contributed by atoms with Gasteiger partial charge in [-0.15, -0.1) is 6.58 Å². The number of carbonyl (C=O) groups is 1. The lowest BCUT2D eigenvalue weighted by Crippen LogP contribution is -2.49. The summed E-state index contributed by atoms with van der Waals surface area (Å²) in [5, 5.41) is 0. The zero-order valence-corrected chi connectivity index (χ0v) is 15.0. The predicted octanol–water partition coefficient (Wildman–Crippen LogP) is 3.27. The number of rotatable bonds is 6. The van der Waals surface area contributed by atoms with Gasteiger partial charge >= 0.3 is 0 Å². The molecule has 0 radical (unpaired) electrons. The van der Waals surface area contributed by atoms with E-state index >= 15 is 0 Å². The van der Waals surface area contributed by atoms with E-state index < -0.39 is 0 Å². The third-order valence-corrected chi connectivity index (χ3v) is 5.71. The number of hydrogen-bond acceptors (Lipinski definition) is 3. The zero-order chi connectivity index (χ0) is 17.7. The lowest BCUT2D eigenvalue weighted by Gasteiger charge is -2.42. The van der Waals surface area contributed by atoms with Gasteiger partial charge in [-0.25, -0.2) is 0 Å². The number of hydrogen-bond donors (Lipinski definition) is 1. The van der Waals surface area contributed by atoms with Crippen LogP contribution in [0.15, 0.2) is 43.0 Å². The van der Waals surface area contributed by atoms with Gasteiger partial charge in [0, 0.05) is 25.0 Å². The van der Waals surface area contributed by atoms with Crippen LogP contribution in [0.25, 0.3) is 0 Å². The topological polar surface area (TPSA) is 55.6 Å². The first kappa shape index (κ1) is 18.2. The summed E-state index contributed by atoms with van der Waals surface area (Å²) in [5.41, 5.74) is 6.96. The smallest absolute Gasteiger partial charge is 0.225 e. The van der Waals surface area contributed by atoms with Crippen molar-refractivity contribution in [2.75, 3.05) is 13.1 Å². The summed E-state index contributed by atoms with van der Waals surface area (Å²) >= 11 is 0. The van der Waals surface area contributed by atoms with Crippen LogP contribution in [-0.4, -0.2) is 35.5 Å². The van der Waals surface area contributed by atoms with Gasteiger partial charge in [-0.1, -0.05) is 36.4 Å². The van der Waals surface area contributed by atoms with Crippen molar-refractivity contribution in [3.63, 3.8) is 0 Å². The van der Waals surface area contributed by atoms with Crippen molar-refractivity contribution >= 4 is 5.91 Å². The minimum Gasteiger partial charge on any atom is -0.370 e. The van der Waals surface area contributed by atoms with Crippen molar-refractivity contribution in [1.82, 2.24) is 4.90 Å². The highest BCUT2D eigenvalue weighted by Crippen LogP contribution is 2.33. The molecule has 0 unspecified atom stereocenters. The summed E-state index contributed by atoms with van der Waals surface area (Å²) in [7, 11) is 0. The van der Waals surface area contributed by atoms with Crippen LogP contribution >= 0.6 is 0 Å². The van der Waals surface area contributed by atoms with Crippen molar-refractivity contribution in [2.45, 2.75) is 56.8 Å². The Morgan fingerprint density at radius 1 is 1.28 bits per heavy atom. The Morgan fingerprint density at radius 3 is 2.60 bits per heavy atom. The van der Waals surface area contributed by atoms with E-state index in [4.69, 9.17) is 10.5 Å². The summed E-state index contributed by atoms with van der Waals surface area (Å²) < 4.78 is 6.34. The van der Waals surface area contributed by atoms with Crippen LogP contribution in [-0.2, 0) is 16.1 Å². The monoisotopic (exact) mass is 342 g/mol. The summed E-state index contributed by atoms with van der Waals surface area (Å²) in [6.45, 7) is 6.06. The Hall–Kier alpha value is -1.65. The molecule has 2 aliphatic rings. The number of nitrogens with zero attached hydrogens (tertiary/aromatic N) is 1. The van der Waals surface area contributed by atoms with E-state index in [1.807, 2.05) is 29.2 Å². The third kappa shape index (κ3) is 4.50. The summed E-state index contributed by atoms with van der Waals surface area (Å²) in [5.74, 6) is 0.426. The fourth-order valence-corrected chi connectivity index (χ4v) is 4.11. The molecule has 1 saturated heterocycles. The van der Waals surface area contributed by atoms with Gasteiger partial charge in [-0.2, -0.15) is 0 Å². The second-order valence-corrected chi connectivity index (χ2v) is 7.55. The van der Waals surface area contributed by atoms with Crippen molar-refractivity contribution in [3.8, 4) is 0 Å². The minimum absolute atomic E-state index is 0.132. The van der Waals surface area contributed by atoms with E-state index in [0.717, 1.165) is 51.6 Å². The van der Waals surface area contributed by atoms with Gasteiger partial charge in [0.25, 0.3) is 0 Å². The molecule has 1 aromatic carbocycles. The normalized spacial score (nSPS) is 25.7. The van der Waals surface area contributed by atoms with Crippen LogP contribution in [0.5, 0.6) is 0 Å². The van der Waals surface area contributed by atoms with E-state index in [1.54, 1.807) is 0 Å². The van der Waals surface area contributed by atoms with E-state index in [9.17, 15) is 4.79 Å². The molecule has 1 amide bonds. The molecule has 0 spiro atoms. The van der Waals surface area contributed by atoms with Gasteiger partial charge < -0.3 is 15.4 Å². The Balaban J connectivity index is 1.56. The zero-order valence-electron chi connectivity index (χ0n) is 15.0. The summed E-state index contributed by atoms with van der Waals surface area (Å²) in [6.07, 6.45) is 7.28. The highest BCUT2D eigenvalue weighted by atomic mass is 16.5. The maximum Gasteiger partial charge on any atom is 0.225 e. The van der Waals surface area contributed by atoms with Gasteiger partial charge in [0.05, 0.1) is 12.2 Å². The number of likely N-dealkylation sites (tertiary alicyclic amines) is 1. The summed E-state index contributed by atoms with van der Waals surface area (Å²) in [6, 6.07) is 10.5. The van der Waals surface area contributed by atoms with Crippen molar-refractivity contribution in [2.24, 2.45) is 11.7 Å². The average molecular weight is 342 g/mol. The third-order valence-electron chi connectivity index (χ3n) is 5.71. The molecule has 2 atom stereocenters. The van der Waals surface area contributed by atoms with Crippen molar-refractivity contribution < 1.29 is 9.53 Å². The fourth-order valence-electron chi connectivity index (χ4n) is 4.11. The molecule has 1 aliphatic carbocycles. The SMILES string of the molecule is C=CCC1(OCc2ccccc2)CCN(C(=O)[C@@H]2CC[C@H](N)C2)CC1. The molecule has 4 nitrogen and oxygen atoms in total. The van der Waals surface area contributed by atoms with Crippen LogP contribution in [0.3, 0.4) is 0 Å². The molecule has 136 valence electrons. The van der Waals surface area contributed by atoms with Crippen LogP contribution in [0.1, 0.15) is 44.1 Å². The maximum absolute atomic E-state index is 12.7. The highest BCUT2D eigenvalue weighted by Gasteiger charge is 2.38. The predicted molar refractivity (Wildman–Crippen MR) is 99.9 cm³/mol. The van der Waals surface area contributed by atoms with E-state index in [1.165, 1.54) is 5.56 Å². The molecule has 0 aromatic heterocycles. The number of carbonyl (C=O) groups excluding carboxylic acids is 1. The molecule has 1 aliphatic heterocycles. The first-order chi connectivity index (χ1) is 12.1. The lowest BCUT2D eigenvalue weighted by atomic mass is 9.87. The van der Waals surface area contributed by atoms with Gasteiger partial charge in [-0.3, -0.25) is 4.79 Å². The average Bonchev–Trinajstić information content (AvgIpc) is 3.08. The molecule has 3 rings (SSSR count). The number of nitrogens with two attached hydrogens (primary N) is 1. The van der Waals surface area contributed by atoms with E-state index in [2.05, 4.69) is 18.7 Å². The van der Waals surface area contributed by atoms with Crippen LogP contribution in [0.4, 0.5) is 0 Å². The van der Waals surface area contributed by atoms with E-state index in [0.29, 0.717) is 12.5 Å². The first-order valence-corrected chi connectivity index (χ1v) is 9.45. The highest BCUT2D eigenvalue weighted by molar-refractivity contribution is 5.79. The minimum atomic E-state index is -0.194. The molecule has 0 bridgehead atoms.